The topological polar surface area (TPSA) is 41.6 Å². The van der Waals surface area contributed by atoms with Crippen LogP contribution >= 0.6 is 23.2 Å². The fourth-order valence-electron chi connectivity index (χ4n) is 3.55. The van der Waals surface area contributed by atoms with Gasteiger partial charge in [-0.15, -0.1) is 0 Å². The number of ether oxygens (including phenoxy) is 1. The van der Waals surface area contributed by atoms with E-state index in [1.54, 1.807) is 4.90 Å². The lowest BCUT2D eigenvalue weighted by molar-refractivity contribution is -0.0977. The van der Waals surface area contributed by atoms with E-state index in [9.17, 15) is 4.79 Å². The van der Waals surface area contributed by atoms with Crippen molar-refractivity contribution in [2.75, 3.05) is 13.1 Å². The van der Waals surface area contributed by atoms with Crippen LogP contribution in [0, 0.1) is 11.8 Å². The van der Waals surface area contributed by atoms with Gasteiger partial charge in [0.15, 0.2) is 0 Å². The third kappa shape index (κ3) is 4.91. The van der Waals surface area contributed by atoms with Crippen molar-refractivity contribution in [1.82, 2.24) is 10.2 Å². The summed E-state index contributed by atoms with van der Waals surface area (Å²) in [5, 5.41) is 4.48. The molecule has 3 rings (SSSR count). The Morgan fingerprint density at radius 2 is 1.96 bits per heavy atom. The number of rotatable bonds is 6. The molecule has 1 aliphatic carbocycles. The average Bonchev–Trinajstić information content (AvgIpc) is 2.63. The summed E-state index contributed by atoms with van der Waals surface area (Å²) in [6.07, 6.45) is 6.79. The van der Waals surface area contributed by atoms with Crippen LogP contribution in [-0.4, -0.2) is 36.2 Å². The maximum absolute atomic E-state index is 12.2. The van der Waals surface area contributed by atoms with Crippen molar-refractivity contribution < 1.29 is 9.53 Å². The third-order valence-electron chi connectivity index (χ3n) is 5.54. The number of carbonyl (C=O) groups is 1. The minimum Gasteiger partial charge on any atom is -0.366 e. The van der Waals surface area contributed by atoms with Gasteiger partial charge < -0.3 is 15.0 Å². The number of hydrogen-bond acceptors (Lipinski definition) is 2. The van der Waals surface area contributed by atoms with Crippen LogP contribution in [0.1, 0.15) is 38.9 Å². The van der Waals surface area contributed by atoms with Crippen LogP contribution in [0.15, 0.2) is 47.5 Å². The van der Waals surface area contributed by atoms with Gasteiger partial charge in [-0.2, -0.15) is 0 Å². The predicted octanol–water partition coefficient (Wildman–Crippen LogP) is 5.53. The fraction of sp³-hybridized carbons (Fsp3) is 0.500. The molecular formula is C22H28Cl2N2O2. The number of benzene rings is 1. The van der Waals surface area contributed by atoms with Crippen LogP contribution in [-0.2, 0) is 4.74 Å². The first-order valence-corrected chi connectivity index (χ1v) is 10.6. The third-order valence-corrected chi connectivity index (χ3v) is 6.17. The molecule has 4 atom stereocenters. The number of urea groups is 1. The maximum Gasteiger partial charge on any atom is 0.317 e. The molecule has 28 heavy (non-hydrogen) atoms. The van der Waals surface area contributed by atoms with Gasteiger partial charge in [-0.1, -0.05) is 61.3 Å². The molecule has 0 radical (unpaired) electrons. The summed E-state index contributed by atoms with van der Waals surface area (Å²) < 4.78 is 6.48. The zero-order chi connectivity index (χ0) is 20.3. The summed E-state index contributed by atoms with van der Waals surface area (Å²) in [7, 11) is 0. The Hall–Kier alpha value is -1.49. The number of amides is 2. The molecule has 1 N–H and O–H groups in total. The van der Waals surface area contributed by atoms with Crippen molar-refractivity contribution in [1.29, 1.82) is 0 Å². The number of likely N-dealkylation sites (tertiary alicyclic amines) is 1. The number of nitrogens with zero attached hydrogens (tertiary/aromatic N) is 1. The molecule has 1 aromatic rings. The van der Waals surface area contributed by atoms with E-state index >= 15 is 0 Å². The van der Waals surface area contributed by atoms with Crippen molar-refractivity contribution in [3.05, 3.63) is 58.1 Å². The number of nitrogens with one attached hydrogen (secondary N) is 1. The van der Waals surface area contributed by atoms with Gasteiger partial charge >= 0.3 is 6.03 Å². The molecule has 3 unspecified atom stereocenters. The Balaban J connectivity index is 1.69. The normalized spacial score (nSPS) is 24.3. The Labute approximate surface area is 177 Å². The number of hydrogen-bond donors (Lipinski definition) is 1. The molecule has 1 heterocycles. The second kappa shape index (κ2) is 9.34. The molecule has 0 saturated carbocycles. The summed E-state index contributed by atoms with van der Waals surface area (Å²) in [6, 6.07) is 7.89. The molecule has 6 heteroatoms. The lowest BCUT2D eigenvalue weighted by Gasteiger charge is -2.43. The van der Waals surface area contributed by atoms with Crippen LogP contribution < -0.4 is 5.32 Å². The van der Waals surface area contributed by atoms with Crippen LogP contribution in [0.3, 0.4) is 0 Å². The predicted molar refractivity (Wildman–Crippen MR) is 115 cm³/mol. The molecule has 1 saturated heterocycles. The van der Waals surface area contributed by atoms with E-state index in [0.29, 0.717) is 18.1 Å². The second-order valence-electron chi connectivity index (χ2n) is 7.72. The van der Waals surface area contributed by atoms with E-state index in [2.05, 4.69) is 25.2 Å². The van der Waals surface area contributed by atoms with E-state index in [1.165, 1.54) is 0 Å². The van der Waals surface area contributed by atoms with Crippen LogP contribution in [0.4, 0.5) is 4.79 Å². The Bertz CT molecular complexity index is 741. The van der Waals surface area contributed by atoms with E-state index in [0.717, 1.165) is 17.0 Å². The Kier molecular flexibility index (Phi) is 7.08. The molecule has 2 aliphatic rings. The van der Waals surface area contributed by atoms with Crippen LogP contribution in [0.25, 0.3) is 0 Å². The lowest BCUT2D eigenvalue weighted by Crippen LogP contribution is -2.59. The smallest absolute Gasteiger partial charge is 0.317 e. The quantitative estimate of drug-likeness (QED) is 0.653. The summed E-state index contributed by atoms with van der Waals surface area (Å²) in [6.45, 7) is 7.39. The van der Waals surface area contributed by atoms with Crippen molar-refractivity contribution in [3.63, 3.8) is 0 Å². The largest absolute Gasteiger partial charge is 0.366 e. The van der Waals surface area contributed by atoms with Gasteiger partial charge in [0.1, 0.15) is 0 Å². The van der Waals surface area contributed by atoms with Crippen molar-refractivity contribution >= 4 is 29.2 Å². The highest BCUT2D eigenvalue weighted by molar-refractivity contribution is 6.30. The molecule has 1 aliphatic heterocycles. The van der Waals surface area contributed by atoms with Gasteiger partial charge in [-0.25, -0.2) is 4.79 Å². The minimum atomic E-state index is -0.189. The first-order chi connectivity index (χ1) is 13.4. The van der Waals surface area contributed by atoms with Gasteiger partial charge in [0.25, 0.3) is 0 Å². The van der Waals surface area contributed by atoms with E-state index in [4.69, 9.17) is 27.9 Å². The van der Waals surface area contributed by atoms with Crippen LogP contribution in [0.5, 0.6) is 0 Å². The average molecular weight is 423 g/mol. The second-order valence-corrected chi connectivity index (χ2v) is 8.59. The molecule has 4 nitrogen and oxygen atoms in total. The van der Waals surface area contributed by atoms with Crippen molar-refractivity contribution in [2.45, 2.75) is 45.4 Å². The van der Waals surface area contributed by atoms with E-state index in [1.807, 2.05) is 43.3 Å². The summed E-state index contributed by atoms with van der Waals surface area (Å²) in [4.78, 5) is 14.0. The van der Waals surface area contributed by atoms with Gasteiger partial charge in [0.2, 0.25) is 0 Å². The van der Waals surface area contributed by atoms with Gasteiger partial charge in [-0.05, 0) is 43.0 Å². The minimum absolute atomic E-state index is 0.00839. The van der Waals surface area contributed by atoms with Gasteiger partial charge in [0, 0.05) is 22.0 Å². The van der Waals surface area contributed by atoms with Crippen LogP contribution in [0.2, 0.25) is 5.02 Å². The van der Waals surface area contributed by atoms with E-state index < -0.39 is 0 Å². The van der Waals surface area contributed by atoms with Gasteiger partial charge in [0.05, 0.1) is 25.3 Å². The Morgan fingerprint density at radius 3 is 2.57 bits per heavy atom. The highest BCUT2D eigenvalue weighted by Gasteiger charge is 2.38. The standard InChI is InChI=1S/C22H28Cl2N2O2/c1-4-15(3)25-22(27)26-12-18(13-26)28-21(16-8-10-17(23)11-9-16)20-14(2)6-5-7-19(20)24/h5-11,14-15,18,20-21H,4,12-13H2,1-3H3,(H,25,27)/t14?,15-,20?,21?/m1/s1. The fourth-order valence-corrected chi connectivity index (χ4v) is 4.06. The first-order valence-electron chi connectivity index (χ1n) is 9.89. The summed E-state index contributed by atoms with van der Waals surface area (Å²) in [5.74, 6) is 0.291. The molecule has 2 amide bonds. The highest BCUT2D eigenvalue weighted by atomic mass is 35.5. The van der Waals surface area contributed by atoms with Gasteiger partial charge in [-0.3, -0.25) is 0 Å². The zero-order valence-corrected chi connectivity index (χ0v) is 18.1. The molecule has 1 aromatic carbocycles. The van der Waals surface area contributed by atoms with E-state index in [-0.39, 0.29) is 36.1 Å². The lowest BCUT2D eigenvalue weighted by atomic mass is 9.82. The molecule has 0 bridgehead atoms. The number of allylic oxidation sites excluding steroid dienone is 3. The zero-order valence-electron chi connectivity index (χ0n) is 16.6. The monoisotopic (exact) mass is 422 g/mol. The van der Waals surface area contributed by atoms with Crippen molar-refractivity contribution in [3.8, 4) is 0 Å². The summed E-state index contributed by atoms with van der Waals surface area (Å²) in [5.41, 5.74) is 1.05. The number of carbonyl (C=O) groups excluding carboxylic acids is 1. The summed E-state index contributed by atoms with van der Waals surface area (Å²) >= 11 is 12.7. The molecule has 152 valence electrons. The first kappa shape index (κ1) is 21.2. The SMILES string of the molecule is CC[C@@H](C)NC(=O)N1CC(OC(c2ccc(Cl)cc2)C2C(Cl)=CC=CC2C)C1. The van der Waals surface area contributed by atoms with Crippen molar-refractivity contribution in [2.24, 2.45) is 11.8 Å². The Morgan fingerprint density at radius 1 is 1.29 bits per heavy atom. The molecule has 0 aromatic heterocycles. The maximum atomic E-state index is 12.2. The molecular weight excluding hydrogens is 395 g/mol. The molecule has 0 spiro atoms. The number of halogens is 2. The molecule has 1 fully saturated rings. The highest BCUT2D eigenvalue weighted by Crippen LogP contribution is 2.42.